The van der Waals surface area contributed by atoms with Crippen molar-refractivity contribution in [3.63, 3.8) is 0 Å². The minimum atomic E-state index is -1.03. The largest absolute Gasteiger partial charge is 0.496 e. The Hall–Kier alpha value is -3.58. The van der Waals surface area contributed by atoms with Crippen LogP contribution in [0.2, 0.25) is 0 Å². The van der Waals surface area contributed by atoms with Crippen LogP contribution in [-0.2, 0) is 24.3 Å². The first-order chi connectivity index (χ1) is 16.5. The zero-order valence-electron chi connectivity index (χ0n) is 19.3. The number of rotatable bonds is 7. The van der Waals surface area contributed by atoms with E-state index < -0.39 is 5.54 Å². The van der Waals surface area contributed by atoms with Gasteiger partial charge in [-0.3, -0.25) is 9.59 Å². The molecule has 0 radical (unpaired) electrons. The molecular formula is C27H27N3O3S. The number of carbonyl (C=O) groups is 2. The molecule has 1 atom stereocenters. The van der Waals surface area contributed by atoms with Crippen LogP contribution in [0.25, 0.3) is 10.2 Å². The molecule has 0 saturated heterocycles. The Labute approximate surface area is 202 Å². The second-order valence-electron chi connectivity index (χ2n) is 8.76. The van der Waals surface area contributed by atoms with Crippen LogP contribution in [0, 0.1) is 0 Å². The average molecular weight is 474 g/mol. The van der Waals surface area contributed by atoms with Crippen LogP contribution >= 0.6 is 11.3 Å². The minimum absolute atomic E-state index is 0.111. The van der Waals surface area contributed by atoms with Gasteiger partial charge in [-0.25, -0.2) is 0 Å². The van der Waals surface area contributed by atoms with E-state index in [2.05, 4.69) is 5.32 Å². The molecule has 2 aromatic carbocycles. The number of nitrogens with one attached hydrogen (secondary N) is 1. The summed E-state index contributed by atoms with van der Waals surface area (Å²) in [5.74, 6) is 0.436. The Morgan fingerprint density at radius 3 is 2.68 bits per heavy atom. The standard InChI is InChI=1S/C27H27N3O3S/c1-27(26(32)28-17-21-10-6-7-11-23(21)33-2)18-29-22(16-20-13-15-34-25(20)29)24(31)30(27)14-12-19-8-4-3-5-9-19/h3-11,13,15-16H,12,14,17-18H2,1-2H3,(H,28,32)/t27-/m0/s1. The van der Waals surface area contributed by atoms with Crippen molar-refractivity contribution in [2.75, 3.05) is 13.7 Å². The topological polar surface area (TPSA) is 63.6 Å². The lowest BCUT2D eigenvalue weighted by Gasteiger charge is -2.44. The molecule has 5 rings (SSSR count). The van der Waals surface area contributed by atoms with Crippen molar-refractivity contribution in [3.05, 3.63) is 88.9 Å². The first-order valence-corrected chi connectivity index (χ1v) is 12.2. The maximum absolute atomic E-state index is 13.7. The highest BCUT2D eigenvalue weighted by atomic mass is 32.1. The van der Waals surface area contributed by atoms with Gasteiger partial charge in [0.1, 0.15) is 21.8 Å². The minimum Gasteiger partial charge on any atom is -0.496 e. The van der Waals surface area contributed by atoms with Crippen LogP contribution in [0.5, 0.6) is 5.75 Å². The lowest BCUT2D eigenvalue weighted by atomic mass is 9.94. The summed E-state index contributed by atoms with van der Waals surface area (Å²) in [6.07, 6.45) is 0.678. The summed E-state index contributed by atoms with van der Waals surface area (Å²) < 4.78 is 7.43. The monoisotopic (exact) mass is 473 g/mol. The number of methoxy groups -OCH3 is 1. The first-order valence-electron chi connectivity index (χ1n) is 11.3. The molecule has 0 fully saturated rings. The average Bonchev–Trinajstić information content (AvgIpc) is 3.45. The number of ether oxygens (including phenoxy) is 1. The van der Waals surface area contributed by atoms with Gasteiger partial charge in [-0.2, -0.15) is 0 Å². The van der Waals surface area contributed by atoms with Gasteiger partial charge in [-0.1, -0.05) is 48.5 Å². The van der Waals surface area contributed by atoms with Crippen molar-refractivity contribution in [1.82, 2.24) is 14.8 Å². The number of para-hydroxylation sites is 1. The third-order valence-electron chi connectivity index (χ3n) is 6.62. The van der Waals surface area contributed by atoms with Crippen molar-refractivity contribution < 1.29 is 14.3 Å². The Kier molecular flexibility index (Phi) is 5.87. The molecule has 1 aliphatic heterocycles. The van der Waals surface area contributed by atoms with Gasteiger partial charge < -0.3 is 19.5 Å². The Morgan fingerprint density at radius 2 is 1.88 bits per heavy atom. The van der Waals surface area contributed by atoms with E-state index in [1.807, 2.05) is 83.6 Å². The number of nitrogens with zero attached hydrogens (tertiary/aromatic N) is 2. The van der Waals surface area contributed by atoms with Crippen molar-refractivity contribution in [3.8, 4) is 5.75 Å². The first kappa shape index (κ1) is 22.2. The van der Waals surface area contributed by atoms with Crippen molar-refractivity contribution in [2.24, 2.45) is 0 Å². The number of amides is 2. The van der Waals surface area contributed by atoms with Crippen LogP contribution in [0.4, 0.5) is 0 Å². The molecule has 0 unspecified atom stereocenters. The van der Waals surface area contributed by atoms with Gasteiger partial charge in [0.2, 0.25) is 5.91 Å². The van der Waals surface area contributed by atoms with E-state index in [9.17, 15) is 9.59 Å². The molecule has 34 heavy (non-hydrogen) atoms. The number of fused-ring (bicyclic) bond motifs is 3. The van der Waals surface area contributed by atoms with Crippen LogP contribution in [0.1, 0.15) is 28.5 Å². The normalized spacial score (nSPS) is 17.6. The fourth-order valence-electron chi connectivity index (χ4n) is 4.71. The van der Waals surface area contributed by atoms with E-state index in [-0.39, 0.29) is 11.8 Å². The fraction of sp³-hybridized carbons (Fsp3) is 0.259. The lowest BCUT2D eigenvalue weighted by Crippen LogP contribution is -2.64. The van der Waals surface area contributed by atoms with Crippen LogP contribution < -0.4 is 10.1 Å². The predicted octanol–water partition coefficient (Wildman–Crippen LogP) is 4.49. The SMILES string of the molecule is COc1ccccc1CNC(=O)[C@]1(C)Cn2c(cc3ccsc32)C(=O)N1CCc1ccccc1. The summed E-state index contributed by atoms with van der Waals surface area (Å²) in [6.45, 7) is 3.06. The zero-order chi connectivity index (χ0) is 23.7. The highest BCUT2D eigenvalue weighted by molar-refractivity contribution is 7.16. The van der Waals surface area contributed by atoms with Crippen molar-refractivity contribution >= 4 is 33.4 Å². The molecule has 6 nitrogen and oxygen atoms in total. The van der Waals surface area contributed by atoms with Gasteiger partial charge in [0, 0.05) is 24.0 Å². The molecule has 0 saturated carbocycles. The number of carbonyl (C=O) groups excluding carboxylic acids is 2. The molecule has 2 aromatic heterocycles. The fourth-order valence-corrected chi connectivity index (χ4v) is 5.60. The number of benzene rings is 2. The van der Waals surface area contributed by atoms with E-state index in [4.69, 9.17) is 4.74 Å². The maximum atomic E-state index is 13.7. The molecular weight excluding hydrogens is 446 g/mol. The van der Waals surface area contributed by atoms with Gasteiger partial charge in [-0.15, -0.1) is 11.3 Å². The Balaban J connectivity index is 1.46. The number of aromatic nitrogens is 1. The molecule has 0 spiro atoms. The summed E-state index contributed by atoms with van der Waals surface area (Å²) in [5.41, 5.74) is 1.64. The van der Waals surface area contributed by atoms with Crippen LogP contribution in [-0.4, -0.2) is 40.5 Å². The molecule has 0 aliphatic carbocycles. The molecule has 174 valence electrons. The predicted molar refractivity (Wildman–Crippen MR) is 134 cm³/mol. The van der Waals surface area contributed by atoms with Crippen LogP contribution in [0.3, 0.4) is 0 Å². The van der Waals surface area contributed by atoms with E-state index in [1.54, 1.807) is 23.3 Å². The molecule has 4 aromatic rings. The summed E-state index contributed by atoms with van der Waals surface area (Å²) in [4.78, 5) is 30.2. The van der Waals surface area contributed by atoms with Gasteiger partial charge in [-0.05, 0) is 42.5 Å². The van der Waals surface area contributed by atoms with Gasteiger partial charge in [0.25, 0.3) is 5.91 Å². The molecule has 0 bridgehead atoms. The number of hydrogen-bond acceptors (Lipinski definition) is 4. The zero-order valence-corrected chi connectivity index (χ0v) is 20.1. The molecule has 1 aliphatic rings. The third kappa shape index (κ3) is 3.86. The van der Waals surface area contributed by atoms with E-state index in [1.165, 1.54) is 0 Å². The van der Waals surface area contributed by atoms with Gasteiger partial charge in [0.05, 0.1) is 13.7 Å². The molecule has 1 N–H and O–H groups in total. The van der Waals surface area contributed by atoms with Crippen LogP contribution in [0.15, 0.2) is 72.1 Å². The highest BCUT2D eigenvalue weighted by Crippen LogP contribution is 2.34. The summed E-state index contributed by atoms with van der Waals surface area (Å²) in [5, 5.41) is 6.13. The van der Waals surface area contributed by atoms with Crippen molar-refractivity contribution in [2.45, 2.75) is 32.0 Å². The summed E-state index contributed by atoms with van der Waals surface area (Å²) >= 11 is 1.59. The second kappa shape index (κ2) is 8.99. The summed E-state index contributed by atoms with van der Waals surface area (Å²) in [6, 6.07) is 21.6. The highest BCUT2D eigenvalue weighted by Gasteiger charge is 2.47. The molecule has 2 amide bonds. The number of thiophene rings is 1. The maximum Gasteiger partial charge on any atom is 0.271 e. The third-order valence-corrected chi connectivity index (χ3v) is 7.57. The van der Waals surface area contributed by atoms with Crippen molar-refractivity contribution in [1.29, 1.82) is 0 Å². The Morgan fingerprint density at radius 1 is 1.12 bits per heavy atom. The second-order valence-corrected chi connectivity index (χ2v) is 9.65. The van der Waals surface area contributed by atoms with E-state index in [0.717, 1.165) is 27.1 Å². The smallest absolute Gasteiger partial charge is 0.271 e. The van der Waals surface area contributed by atoms with E-state index >= 15 is 0 Å². The van der Waals surface area contributed by atoms with Gasteiger partial charge >= 0.3 is 0 Å². The lowest BCUT2D eigenvalue weighted by molar-refractivity contribution is -0.133. The molecule has 3 heterocycles. The van der Waals surface area contributed by atoms with E-state index in [0.29, 0.717) is 31.7 Å². The molecule has 7 heteroatoms. The summed E-state index contributed by atoms with van der Waals surface area (Å²) in [7, 11) is 1.62. The Bertz CT molecular complexity index is 1340. The number of hydrogen-bond donors (Lipinski definition) is 1. The quantitative estimate of drug-likeness (QED) is 0.430. The van der Waals surface area contributed by atoms with Gasteiger partial charge in [0.15, 0.2) is 0 Å².